The van der Waals surface area contributed by atoms with Gasteiger partial charge in [-0.3, -0.25) is 4.90 Å². The summed E-state index contributed by atoms with van der Waals surface area (Å²) >= 11 is 0. The smallest absolute Gasteiger partial charge is 0.0598 e. The number of hydrogen-bond acceptors (Lipinski definition) is 2. The van der Waals surface area contributed by atoms with Gasteiger partial charge in [-0.2, -0.15) is 0 Å². The van der Waals surface area contributed by atoms with E-state index in [1.807, 2.05) is 0 Å². The second kappa shape index (κ2) is 13.2. The van der Waals surface area contributed by atoms with Crippen LogP contribution in [0.15, 0.2) is 0 Å². The van der Waals surface area contributed by atoms with E-state index in [0.717, 1.165) is 83.0 Å². The Kier molecular flexibility index (Phi) is 9.81. The molecule has 7 rings (SSSR count). The van der Waals surface area contributed by atoms with Crippen molar-refractivity contribution in [3.05, 3.63) is 0 Å². The molecule has 0 amide bonds. The van der Waals surface area contributed by atoms with E-state index in [-0.39, 0.29) is 5.60 Å². The highest BCUT2D eigenvalue weighted by molar-refractivity contribution is 6.82. The molecule has 0 spiro atoms. The van der Waals surface area contributed by atoms with Gasteiger partial charge in [0, 0.05) is 18.7 Å². The second-order valence-corrected chi connectivity index (χ2v) is 24.2. The number of nitrogens with zero attached hydrogens (tertiary/aromatic N) is 1. The number of rotatable bonds is 9. The fourth-order valence-corrected chi connectivity index (χ4v) is 22.4. The highest BCUT2D eigenvalue weighted by Gasteiger charge is 2.68. The molecule has 7 fully saturated rings. The van der Waals surface area contributed by atoms with Crippen molar-refractivity contribution in [2.45, 2.75) is 191 Å². The third-order valence-electron chi connectivity index (χ3n) is 16.1. The van der Waals surface area contributed by atoms with E-state index in [1.165, 1.54) is 38.5 Å². The SMILES string of the molecule is CC1CCC2C(C1)C1C3CCCCC3C([Si](C)(CCCCCCOC(C)(C)C)C3C4CCCCC4C4CCCCC43)C1N2C. The quantitative estimate of drug-likeness (QED) is 0.187. The molecule has 0 aromatic carbocycles. The van der Waals surface area contributed by atoms with Crippen LogP contribution >= 0.6 is 0 Å². The average molecular weight is 624 g/mol. The number of hydrogen-bond donors (Lipinski definition) is 0. The third-order valence-corrected chi connectivity index (χ3v) is 22.2. The van der Waals surface area contributed by atoms with Gasteiger partial charge in [0.1, 0.15) is 0 Å². The van der Waals surface area contributed by atoms with Crippen molar-refractivity contribution in [3.8, 4) is 0 Å². The number of ether oxygens (including phenoxy) is 1. The fraction of sp³-hybridized carbons (Fsp3) is 1.00. The number of likely N-dealkylation sites (tertiary alicyclic amines) is 1. The molecule has 6 saturated carbocycles. The lowest BCUT2D eigenvalue weighted by Crippen LogP contribution is -2.53. The maximum absolute atomic E-state index is 6.13. The zero-order valence-corrected chi connectivity index (χ0v) is 31.2. The molecule has 7 aliphatic rings. The summed E-state index contributed by atoms with van der Waals surface area (Å²) in [6.45, 7) is 13.3. The van der Waals surface area contributed by atoms with Crippen LogP contribution in [-0.4, -0.2) is 44.3 Å². The molecule has 0 radical (unpaired) electrons. The molecule has 6 aliphatic carbocycles. The van der Waals surface area contributed by atoms with Crippen molar-refractivity contribution >= 4 is 8.07 Å². The summed E-state index contributed by atoms with van der Waals surface area (Å²) in [6.07, 6.45) is 29.1. The van der Waals surface area contributed by atoms with Crippen LogP contribution in [0.2, 0.25) is 23.7 Å². The van der Waals surface area contributed by atoms with Crippen LogP contribution in [-0.2, 0) is 4.74 Å². The van der Waals surface area contributed by atoms with E-state index in [1.54, 1.807) is 89.5 Å². The molecule has 1 heterocycles. The van der Waals surface area contributed by atoms with Gasteiger partial charge in [0.15, 0.2) is 0 Å². The van der Waals surface area contributed by atoms with Gasteiger partial charge in [0.25, 0.3) is 0 Å². The Bertz CT molecular complexity index is 939. The van der Waals surface area contributed by atoms with Crippen LogP contribution in [0.3, 0.4) is 0 Å². The molecule has 0 aromatic rings. The van der Waals surface area contributed by atoms with E-state index in [2.05, 4.69) is 46.2 Å². The van der Waals surface area contributed by atoms with Crippen molar-refractivity contribution < 1.29 is 4.74 Å². The summed E-state index contributed by atoms with van der Waals surface area (Å²) in [6, 6.07) is 3.53. The molecule has 0 aromatic heterocycles. The first-order chi connectivity index (χ1) is 21.2. The predicted molar refractivity (Wildman–Crippen MR) is 190 cm³/mol. The van der Waals surface area contributed by atoms with Crippen LogP contribution < -0.4 is 0 Å². The topological polar surface area (TPSA) is 12.5 Å². The van der Waals surface area contributed by atoms with Gasteiger partial charge < -0.3 is 4.74 Å². The van der Waals surface area contributed by atoms with Gasteiger partial charge in [0.2, 0.25) is 0 Å². The Morgan fingerprint density at radius 2 is 1.18 bits per heavy atom. The van der Waals surface area contributed by atoms with Crippen molar-refractivity contribution in [2.75, 3.05) is 13.7 Å². The Morgan fingerprint density at radius 3 is 1.80 bits per heavy atom. The van der Waals surface area contributed by atoms with Crippen molar-refractivity contribution in [1.82, 2.24) is 4.90 Å². The van der Waals surface area contributed by atoms with Gasteiger partial charge >= 0.3 is 0 Å². The molecule has 0 N–H and O–H groups in total. The van der Waals surface area contributed by atoms with E-state index < -0.39 is 8.07 Å². The lowest BCUT2D eigenvalue weighted by atomic mass is 9.68. The number of fused-ring (bicyclic) bond motifs is 8. The van der Waals surface area contributed by atoms with Crippen LogP contribution in [0.25, 0.3) is 0 Å². The molecular formula is C41H73NOSi. The van der Waals surface area contributed by atoms with Crippen LogP contribution in [0.5, 0.6) is 0 Å². The van der Waals surface area contributed by atoms with E-state index in [0.29, 0.717) is 0 Å². The average Bonchev–Trinajstić information content (AvgIpc) is 3.62. The summed E-state index contributed by atoms with van der Waals surface area (Å²) in [5.74, 6) is 9.67. The summed E-state index contributed by atoms with van der Waals surface area (Å²) in [4.78, 5) is 3.14. The first-order valence-corrected chi connectivity index (χ1v) is 23.4. The van der Waals surface area contributed by atoms with Crippen LogP contribution in [0, 0.1) is 53.3 Å². The molecule has 13 unspecified atom stereocenters. The fourth-order valence-electron chi connectivity index (χ4n) is 14.9. The third kappa shape index (κ3) is 5.88. The minimum absolute atomic E-state index is 0.0128. The monoisotopic (exact) mass is 624 g/mol. The van der Waals surface area contributed by atoms with Crippen molar-refractivity contribution in [2.24, 2.45) is 53.3 Å². The van der Waals surface area contributed by atoms with Gasteiger partial charge in [-0.25, -0.2) is 0 Å². The standard InChI is InChI=1S/C41H73NOSi/c1-28-23-24-36-35(27-28)37-31-19-11-14-22-34(31)40(38(37)42(36)5)44(6,26-16-8-7-15-25-43-41(2,3)4)39-32-20-12-9-17-29(32)30-18-10-13-21-33(30)39/h28-40H,7-27H2,1-6H3. The molecular weight excluding hydrogens is 551 g/mol. The lowest BCUT2D eigenvalue weighted by Gasteiger charge is -2.52. The second-order valence-electron chi connectivity index (χ2n) is 19.4. The zero-order chi connectivity index (χ0) is 30.6. The molecule has 44 heavy (non-hydrogen) atoms. The summed E-state index contributed by atoms with van der Waals surface area (Å²) in [7, 11) is 1.09. The summed E-state index contributed by atoms with van der Waals surface area (Å²) in [5.41, 5.74) is 2.27. The summed E-state index contributed by atoms with van der Waals surface area (Å²) in [5, 5.41) is 0. The molecule has 2 nitrogen and oxygen atoms in total. The highest BCUT2D eigenvalue weighted by Crippen LogP contribution is 2.71. The van der Waals surface area contributed by atoms with Crippen molar-refractivity contribution in [3.63, 3.8) is 0 Å². The first kappa shape index (κ1) is 32.7. The van der Waals surface area contributed by atoms with Crippen LogP contribution in [0.4, 0.5) is 0 Å². The van der Waals surface area contributed by atoms with Gasteiger partial charge in [-0.05, 0) is 137 Å². The minimum Gasteiger partial charge on any atom is -0.376 e. The predicted octanol–water partition coefficient (Wildman–Crippen LogP) is 11.4. The molecule has 0 bridgehead atoms. The first-order valence-electron chi connectivity index (χ1n) is 20.5. The maximum atomic E-state index is 6.13. The van der Waals surface area contributed by atoms with E-state index in [4.69, 9.17) is 4.74 Å². The largest absolute Gasteiger partial charge is 0.376 e. The summed E-state index contributed by atoms with van der Waals surface area (Å²) < 4.78 is 6.13. The van der Waals surface area contributed by atoms with E-state index >= 15 is 0 Å². The minimum atomic E-state index is -1.59. The maximum Gasteiger partial charge on any atom is 0.0598 e. The number of unbranched alkanes of at least 4 members (excludes halogenated alkanes) is 3. The van der Waals surface area contributed by atoms with Gasteiger partial charge in [-0.15, -0.1) is 0 Å². The molecule has 1 aliphatic heterocycles. The Morgan fingerprint density at radius 1 is 0.636 bits per heavy atom. The lowest BCUT2D eigenvalue weighted by molar-refractivity contribution is -0.00471. The molecule has 3 heteroatoms. The zero-order valence-electron chi connectivity index (χ0n) is 30.2. The van der Waals surface area contributed by atoms with Gasteiger partial charge in [0.05, 0.1) is 13.7 Å². The highest BCUT2D eigenvalue weighted by atomic mass is 28.3. The van der Waals surface area contributed by atoms with Gasteiger partial charge in [-0.1, -0.05) is 96.6 Å². The Labute approximate surface area is 275 Å². The molecule has 13 atom stereocenters. The molecule has 1 saturated heterocycles. The Hall–Kier alpha value is 0.137. The van der Waals surface area contributed by atoms with Crippen molar-refractivity contribution in [1.29, 1.82) is 0 Å². The van der Waals surface area contributed by atoms with E-state index in [9.17, 15) is 0 Å². The normalized spacial score (nSPS) is 46.9. The Balaban J connectivity index is 1.20. The van der Waals surface area contributed by atoms with Crippen LogP contribution in [0.1, 0.15) is 150 Å². The molecule has 252 valence electrons.